The number of rotatable bonds is 4. The molecule has 10 heteroatoms. The summed E-state index contributed by atoms with van der Waals surface area (Å²) in [6.07, 6.45) is 0.110. The Bertz CT molecular complexity index is 1090. The molecule has 4 rings (SSSR count). The van der Waals surface area contributed by atoms with Crippen molar-refractivity contribution in [2.45, 2.75) is 19.9 Å². The third kappa shape index (κ3) is 3.03. The van der Waals surface area contributed by atoms with Crippen molar-refractivity contribution in [3.05, 3.63) is 52.0 Å². The normalized spacial score (nSPS) is 11.6. The van der Waals surface area contributed by atoms with Crippen LogP contribution < -0.4 is 0 Å². The lowest BCUT2D eigenvalue weighted by atomic mass is 10.1. The maximum absolute atomic E-state index is 13.5. The van der Waals surface area contributed by atoms with Gasteiger partial charge in [-0.15, -0.1) is 10.2 Å². The molecule has 0 fully saturated rings. The monoisotopic (exact) mass is 376 g/mol. The maximum atomic E-state index is 13.5. The summed E-state index contributed by atoms with van der Waals surface area (Å²) in [4.78, 5) is 8.73. The zero-order valence-electron chi connectivity index (χ0n) is 13.4. The molecule has 0 saturated carbocycles. The van der Waals surface area contributed by atoms with Crippen molar-refractivity contribution < 1.29 is 13.2 Å². The molecular formula is C16H11F3N6S. The molecule has 3 aromatic heterocycles. The molecule has 0 radical (unpaired) electrons. The Hall–Kier alpha value is -2.88. The van der Waals surface area contributed by atoms with E-state index in [0.717, 1.165) is 22.1 Å². The fraction of sp³-hybridized carbons (Fsp3) is 0.188. The van der Waals surface area contributed by atoms with E-state index in [1.807, 2.05) is 6.92 Å². The second-order valence-corrected chi connectivity index (χ2v) is 6.78. The number of benzene rings is 1. The summed E-state index contributed by atoms with van der Waals surface area (Å²) < 4.78 is 41.0. The molecule has 0 N–H and O–H groups in total. The van der Waals surface area contributed by atoms with E-state index >= 15 is 0 Å². The smallest absolute Gasteiger partial charge is 0.249 e. The van der Waals surface area contributed by atoms with Crippen molar-refractivity contribution >= 4 is 22.5 Å². The Morgan fingerprint density at radius 3 is 2.77 bits per heavy atom. The molecule has 4 aromatic rings. The van der Waals surface area contributed by atoms with Crippen LogP contribution in [0.2, 0.25) is 0 Å². The minimum atomic E-state index is -2.90. The van der Waals surface area contributed by atoms with Crippen molar-refractivity contribution in [3.63, 3.8) is 0 Å². The molecule has 132 valence electrons. The largest absolute Gasteiger partial charge is 0.266 e. The molecule has 0 aliphatic heterocycles. The SMILES string of the molecule is Cc1nnc(Cn2ncc3ncc(-c4ccc(F)c(C(F)F)c4)nc32)s1. The van der Waals surface area contributed by atoms with E-state index in [4.69, 9.17) is 0 Å². The Kier molecular flexibility index (Phi) is 4.11. The molecule has 6 nitrogen and oxygen atoms in total. The summed E-state index contributed by atoms with van der Waals surface area (Å²) in [7, 11) is 0. The quantitative estimate of drug-likeness (QED) is 0.542. The van der Waals surface area contributed by atoms with E-state index < -0.39 is 17.8 Å². The number of aryl methyl sites for hydroxylation is 1. The van der Waals surface area contributed by atoms with Crippen LogP contribution in [0.5, 0.6) is 0 Å². The Morgan fingerprint density at radius 2 is 2.04 bits per heavy atom. The zero-order chi connectivity index (χ0) is 18.3. The summed E-state index contributed by atoms with van der Waals surface area (Å²) >= 11 is 1.45. The first-order valence-corrected chi connectivity index (χ1v) is 8.38. The molecule has 1 aromatic carbocycles. The second kappa shape index (κ2) is 6.45. The highest BCUT2D eigenvalue weighted by molar-refractivity contribution is 7.11. The van der Waals surface area contributed by atoms with E-state index in [2.05, 4.69) is 25.3 Å². The number of halogens is 3. The van der Waals surface area contributed by atoms with Gasteiger partial charge in [0.2, 0.25) is 0 Å². The lowest BCUT2D eigenvalue weighted by Gasteiger charge is -2.06. The van der Waals surface area contributed by atoms with Crippen molar-refractivity contribution in [3.8, 4) is 11.3 Å². The molecule has 26 heavy (non-hydrogen) atoms. The molecule has 0 amide bonds. The molecule has 0 saturated heterocycles. The molecule has 3 heterocycles. The van der Waals surface area contributed by atoms with Gasteiger partial charge >= 0.3 is 0 Å². The van der Waals surface area contributed by atoms with Crippen molar-refractivity contribution in [2.24, 2.45) is 0 Å². The van der Waals surface area contributed by atoms with Crippen LogP contribution in [-0.2, 0) is 6.54 Å². The summed E-state index contributed by atoms with van der Waals surface area (Å²) in [6.45, 7) is 2.23. The Labute approximate surface area is 149 Å². The van der Waals surface area contributed by atoms with E-state index in [9.17, 15) is 13.2 Å². The van der Waals surface area contributed by atoms with E-state index in [1.54, 1.807) is 10.9 Å². The minimum Gasteiger partial charge on any atom is -0.249 e. The average Bonchev–Trinajstić information content (AvgIpc) is 3.21. The van der Waals surface area contributed by atoms with Gasteiger partial charge < -0.3 is 0 Å². The molecular weight excluding hydrogens is 365 g/mol. The van der Waals surface area contributed by atoms with Crippen molar-refractivity contribution in [1.29, 1.82) is 0 Å². The van der Waals surface area contributed by atoms with Crippen LogP contribution in [0.1, 0.15) is 22.0 Å². The van der Waals surface area contributed by atoms with E-state index in [0.29, 0.717) is 29.0 Å². The van der Waals surface area contributed by atoms with Crippen LogP contribution in [0, 0.1) is 12.7 Å². The highest BCUT2D eigenvalue weighted by Crippen LogP contribution is 2.27. The minimum absolute atomic E-state index is 0.356. The number of alkyl halides is 2. The molecule has 0 bridgehead atoms. The standard InChI is InChI=1S/C16H11F3N6S/c1-8-23-24-14(26-8)7-25-16-13(6-21-25)20-5-12(22-16)9-2-3-11(17)10(4-9)15(18)19/h2-6,15H,7H2,1H3. The predicted octanol–water partition coefficient (Wildman–Crippen LogP) is 3.78. The van der Waals surface area contributed by atoms with Gasteiger partial charge in [0.05, 0.1) is 30.2 Å². The van der Waals surface area contributed by atoms with Gasteiger partial charge in [-0.1, -0.05) is 11.3 Å². The molecule has 0 aliphatic carbocycles. The number of fused-ring (bicyclic) bond motifs is 1. The fourth-order valence-electron chi connectivity index (χ4n) is 2.50. The first kappa shape index (κ1) is 16.6. The molecule has 0 unspecified atom stereocenters. The topological polar surface area (TPSA) is 69.4 Å². The van der Waals surface area contributed by atoms with Crippen LogP contribution in [0.4, 0.5) is 13.2 Å². The van der Waals surface area contributed by atoms with Crippen molar-refractivity contribution in [1.82, 2.24) is 29.9 Å². The van der Waals surface area contributed by atoms with Gasteiger partial charge in [0, 0.05) is 5.56 Å². The van der Waals surface area contributed by atoms with E-state index in [-0.39, 0.29) is 0 Å². The Morgan fingerprint density at radius 1 is 1.19 bits per heavy atom. The molecule has 0 spiro atoms. The van der Waals surface area contributed by atoms with Gasteiger partial charge in [-0.25, -0.2) is 27.8 Å². The lowest BCUT2D eigenvalue weighted by Crippen LogP contribution is -2.03. The maximum Gasteiger partial charge on any atom is 0.266 e. The van der Waals surface area contributed by atoms with Gasteiger partial charge in [-0.3, -0.25) is 0 Å². The summed E-state index contributed by atoms with van der Waals surface area (Å²) in [5.41, 5.74) is 1.09. The van der Waals surface area contributed by atoms with Gasteiger partial charge in [0.1, 0.15) is 21.3 Å². The zero-order valence-corrected chi connectivity index (χ0v) is 14.2. The van der Waals surface area contributed by atoms with Gasteiger partial charge in [-0.2, -0.15) is 5.10 Å². The third-order valence-corrected chi connectivity index (χ3v) is 4.55. The highest BCUT2D eigenvalue weighted by atomic mass is 32.1. The summed E-state index contributed by atoms with van der Waals surface area (Å²) in [6, 6.07) is 3.49. The van der Waals surface area contributed by atoms with Crippen LogP contribution in [0.25, 0.3) is 22.4 Å². The summed E-state index contributed by atoms with van der Waals surface area (Å²) in [5, 5.41) is 13.9. The lowest BCUT2D eigenvalue weighted by molar-refractivity contribution is 0.146. The first-order valence-electron chi connectivity index (χ1n) is 7.57. The van der Waals surface area contributed by atoms with Gasteiger partial charge in [0.15, 0.2) is 5.65 Å². The van der Waals surface area contributed by atoms with Gasteiger partial charge in [-0.05, 0) is 25.1 Å². The Balaban J connectivity index is 1.75. The second-order valence-electron chi connectivity index (χ2n) is 5.52. The summed E-state index contributed by atoms with van der Waals surface area (Å²) in [5.74, 6) is -0.950. The number of nitrogens with zero attached hydrogens (tertiary/aromatic N) is 6. The van der Waals surface area contributed by atoms with Crippen LogP contribution in [0.3, 0.4) is 0 Å². The van der Waals surface area contributed by atoms with Crippen LogP contribution in [-0.4, -0.2) is 29.9 Å². The first-order chi connectivity index (χ1) is 12.5. The van der Waals surface area contributed by atoms with Crippen LogP contribution in [0.15, 0.2) is 30.6 Å². The number of aromatic nitrogens is 6. The third-order valence-electron chi connectivity index (χ3n) is 3.73. The number of hydrogen-bond donors (Lipinski definition) is 0. The molecule has 0 atom stereocenters. The molecule has 0 aliphatic rings. The fourth-order valence-corrected chi connectivity index (χ4v) is 3.19. The number of hydrogen-bond acceptors (Lipinski definition) is 6. The predicted molar refractivity (Wildman–Crippen MR) is 89.4 cm³/mol. The highest BCUT2D eigenvalue weighted by Gasteiger charge is 2.16. The average molecular weight is 376 g/mol. The van der Waals surface area contributed by atoms with Gasteiger partial charge in [0.25, 0.3) is 6.43 Å². The van der Waals surface area contributed by atoms with Crippen LogP contribution >= 0.6 is 11.3 Å². The van der Waals surface area contributed by atoms with Crippen molar-refractivity contribution in [2.75, 3.05) is 0 Å². The van der Waals surface area contributed by atoms with E-state index in [1.165, 1.54) is 23.6 Å².